The summed E-state index contributed by atoms with van der Waals surface area (Å²) in [6.45, 7) is 13.0. The van der Waals surface area contributed by atoms with E-state index in [0.29, 0.717) is 11.2 Å². The van der Waals surface area contributed by atoms with Gasteiger partial charge in [-0.05, 0) is 68.3 Å². The maximum Gasteiger partial charge on any atom is 0.229 e. The lowest BCUT2D eigenvalue weighted by Gasteiger charge is -2.32. The summed E-state index contributed by atoms with van der Waals surface area (Å²) in [5.74, 6) is 2.95. The topological polar surface area (TPSA) is 62.3 Å². The van der Waals surface area contributed by atoms with Gasteiger partial charge in [0.05, 0.1) is 27.7 Å². The van der Waals surface area contributed by atoms with Crippen LogP contribution in [0.5, 0.6) is 5.75 Å². The van der Waals surface area contributed by atoms with Gasteiger partial charge in [-0.25, -0.2) is 4.98 Å². The lowest BCUT2D eigenvalue weighted by atomic mass is 9.99. The minimum Gasteiger partial charge on any atom is -0.489 e. The van der Waals surface area contributed by atoms with Crippen molar-refractivity contribution in [2.45, 2.75) is 63.7 Å². The smallest absolute Gasteiger partial charge is 0.229 e. The Bertz CT molecular complexity index is 1380. The van der Waals surface area contributed by atoms with E-state index in [1.165, 1.54) is 23.4 Å². The van der Waals surface area contributed by atoms with Crippen molar-refractivity contribution in [2.24, 2.45) is 5.92 Å². The lowest BCUT2D eigenvalue weighted by molar-refractivity contribution is 0.244. The van der Waals surface area contributed by atoms with Gasteiger partial charge in [0.25, 0.3) is 0 Å². The molecule has 6 nitrogen and oxygen atoms in total. The summed E-state index contributed by atoms with van der Waals surface area (Å²) in [6, 6.07) is 16.8. The lowest BCUT2D eigenvalue weighted by Crippen LogP contribution is -2.32. The zero-order valence-corrected chi connectivity index (χ0v) is 24.5. The average molecular weight is 548 g/mol. The molecule has 5 rings (SSSR count). The molecule has 0 spiro atoms. The fourth-order valence-electron chi connectivity index (χ4n) is 4.61. The number of piperidine rings is 1. The number of fused-ring (bicyclic) bond motifs is 1. The van der Waals surface area contributed by atoms with Crippen LogP contribution in [0.3, 0.4) is 0 Å². The summed E-state index contributed by atoms with van der Waals surface area (Å²) in [5.41, 5.74) is 4.03. The molecular weight excluding hydrogens is 510 g/mol. The van der Waals surface area contributed by atoms with E-state index in [1.54, 1.807) is 11.3 Å². The number of ether oxygens (including phenoxy) is 1. The second kappa shape index (κ2) is 11.8. The Morgan fingerprint density at radius 2 is 1.76 bits per heavy atom. The van der Waals surface area contributed by atoms with E-state index < -0.39 is 0 Å². The number of thiophene rings is 1. The zero-order valence-electron chi connectivity index (χ0n) is 22.8. The zero-order chi connectivity index (χ0) is 26.6. The highest BCUT2D eigenvalue weighted by Crippen LogP contribution is 2.37. The van der Waals surface area contributed by atoms with Gasteiger partial charge < -0.3 is 20.3 Å². The van der Waals surface area contributed by atoms with Gasteiger partial charge in [-0.3, -0.25) is 0 Å². The van der Waals surface area contributed by atoms with Crippen LogP contribution in [0.4, 0.5) is 28.8 Å². The highest BCUT2D eigenvalue weighted by Gasteiger charge is 2.19. The fourth-order valence-corrected chi connectivity index (χ4v) is 6.29. The van der Waals surface area contributed by atoms with E-state index in [0.717, 1.165) is 52.2 Å². The third-order valence-corrected chi connectivity index (χ3v) is 8.52. The molecule has 0 unspecified atom stereocenters. The maximum absolute atomic E-state index is 6.26. The number of rotatable bonds is 9. The molecular formula is C30H37N5OS2. The molecule has 0 aliphatic carbocycles. The van der Waals surface area contributed by atoms with Crippen molar-refractivity contribution >= 4 is 62.1 Å². The Morgan fingerprint density at radius 1 is 0.974 bits per heavy atom. The van der Waals surface area contributed by atoms with Crippen molar-refractivity contribution in [3.8, 4) is 5.75 Å². The number of para-hydroxylation sites is 1. The van der Waals surface area contributed by atoms with Crippen LogP contribution in [0.15, 0.2) is 58.8 Å². The van der Waals surface area contributed by atoms with Gasteiger partial charge in [-0.2, -0.15) is 4.98 Å². The first-order valence-electron chi connectivity index (χ1n) is 13.5. The largest absolute Gasteiger partial charge is 0.489 e. The van der Waals surface area contributed by atoms with Crippen LogP contribution in [0, 0.1) is 5.92 Å². The standard InChI is InChI=1S/C30H37N5OS2/c1-19(2)36-26-18-22(35-15-12-21(5)13-16-35)10-11-23(26)32-30-33-25-14-17-37-28(25)29(34-30)31-24-8-6-7-9-27(24)38-20(3)4/h6-11,14,17-21H,12-13,15-16H2,1-5H3,(H2,31,32,33,34). The van der Waals surface area contributed by atoms with Gasteiger partial charge in [-0.15, -0.1) is 23.1 Å². The first-order valence-corrected chi connectivity index (χ1v) is 15.2. The minimum atomic E-state index is 0.0552. The number of nitrogens with zero attached hydrogens (tertiary/aromatic N) is 3. The summed E-state index contributed by atoms with van der Waals surface area (Å²) in [7, 11) is 0. The molecule has 4 aromatic rings. The number of benzene rings is 2. The van der Waals surface area contributed by atoms with E-state index in [9.17, 15) is 0 Å². The molecule has 1 aliphatic rings. The number of anilines is 5. The Labute approximate surface area is 234 Å². The van der Waals surface area contributed by atoms with Crippen molar-refractivity contribution in [3.63, 3.8) is 0 Å². The highest BCUT2D eigenvalue weighted by molar-refractivity contribution is 8.00. The van der Waals surface area contributed by atoms with Crippen LogP contribution >= 0.6 is 23.1 Å². The van der Waals surface area contributed by atoms with Crippen LogP contribution in [-0.4, -0.2) is 34.4 Å². The van der Waals surface area contributed by atoms with Gasteiger partial charge in [0, 0.05) is 35.0 Å². The summed E-state index contributed by atoms with van der Waals surface area (Å²) in [4.78, 5) is 13.4. The van der Waals surface area contributed by atoms with Crippen LogP contribution in [0.25, 0.3) is 10.2 Å². The van der Waals surface area contributed by atoms with Crippen LogP contribution < -0.4 is 20.3 Å². The molecule has 8 heteroatoms. The Hall–Kier alpha value is -2.97. The maximum atomic E-state index is 6.26. The van der Waals surface area contributed by atoms with E-state index in [2.05, 4.69) is 98.0 Å². The van der Waals surface area contributed by atoms with Gasteiger partial charge in [0.15, 0.2) is 5.82 Å². The average Bonchev–Trinajstić information content (AvgIpc) is 3.35. The van der Waals surface area contributed by atoms with Gasteiger partial charge in [0.2, 0.25) is 5.95 Å². The molecule has 1 fully saturated rings. The number of thioether (sulfide) groups is 1. The number of nitrogens with one attached hydrogen (secondary N) is 2. The first kappa shape index (κ1) is 26.6. The predicted octanol–water partition coefficient (Wildman–Crippen LogP) is 8.70. The normalized spacial score (nSPS) is 14.4. The van der Waals surface area contributed by atoms with E-state index in [-0.39, 0.29) is 6.10 Å². The summed E-state index contributed by atoms with van der Waals surface area (Å²) < 4.78 is 7.30. The fraction of sp³-hybridized carbons (Fsp3) is 0.400. The second-order valence-electron chi connectivity index (χ2n) is 10.5. The van der Waals surface area contributed by atoms with Crippen LogP contribution in [-0.2, 0) is 0 Å². The molecule has 1 saturated heterocycles. The summed E-state index contributed by atoms with van der Waals surface area (Å²) >= 11 is 3.49. The quantitative estimate of drug-likeness (QED) is 0.203. The van der Waals surface area contributed by atoms with Crippen LogP contribution in [0.1, 0.15) is 47.5 Å². The number of aromatic nitrogens is 2. The van der Waals surface area contributed by atoms with Gasteiger partial charge in [0.1, 0.15) is 5.75 Å². The Morgan fingerprint density at radius 3 is 2.53 bits per heavy atom. The molecule has 0 amide bonds. The van der Waals surface area contributed by atoms with E-state index in [1.807, 2.05) is 17.8 Å². The number of hydrogen-bond acceptors (Lipinski definition) is 8. The molecule has 2 N–H and O–H groups in total. The Balaban J connectivity index is 1.45. The third-order valence-electron chi connectivity index (χ3n) is 6.53. The molecule has 0 atom stereocenters. The van der Waals surface area contributed by atoms with Crippen molar-refractivity contribution in [1.82, 2.24) is 9.97 Å². The van der Waals surface area contributed by atoms with Crippen molar-refractivity contribution in [2.75, 3.05) is 28.6 Å². The van der Waals surface area contributed by atoms with Gasteiger partial charge >= 0.3 is 0 Å². The van der Waals surface area contributed by atoms with E-state index >= 15 is 0 Å². The first-order chi connectivity index (χ1) is 18.4. The van der Waals surface area contributed by atoms with E-state index in [4.69, 9.17) is 14.7 Å². The Kier molecular flexibility index (Phi) is 8.29. The molecule has 0 bridgehead atoms. The molecule has 200 valence electrons. The minimum absolute atomic E-state index is 0.0552. The monoisotopic (exact) mass is 547 g/mol. The third kappa shape index (κ3) is 6.35. The molecule has 0 saturated carbocycles. The molecule has 2 aromatic heterocycles. The molecule has 1 aliphatic heterocycles. The van der Waals surface area contributed by atoms with Crippen molar-refractivity contribution in [1.29, 1.82) is 0 Å². The second-order valence-corrected chi connectivity index (χ2v) is 13.0. The SMILES string of the molecule is CC1CCN(c2ccc(Nc3nc(Nc4ccccc4SC(C)C)c4sccc4n3)c(OC(C)C)c2)CC1. The molecule has 0 radical (unpaired) electrons. The predicted molar refractivity (Wildman–Crippen MR) is 164 cm³/mol. The molecule has 3 heterocycles. The molecule has 2 aromatic carbocycles. The van der Waals surface area contributed by atoms with Gasteiger partial charge in [-0.1, -0.05) is 32.9 Å². The highest BCUT2D eigenvalue weighted by atomic mass is 32.2. The van der Waals surface area contributed by atoms with Crippen molar-refractivity contribution in [3.05, 3.63) is 53.9 Å². The van der Waals surface area contributed by atoms with Crippen molar-refractivity contribution < 1.29 is 4.74 Å². The van der Waals surface area contributed by atoms with Crippen LogP contribution in [0.2, 0.25) is 0 Å². The number of hydrogen-bond donors (Lipinski definition) is 2. The summed E-state index contributed by atoms with van der Waals surface area (Å²) in [6.07, 6.45) is 2.51. The molecule has 38 heavy (non-hydrogen) atoms. The summed E-state index contributed by atoms with van der Waals surface area (Å²) in [5, 5.41) is 9.60.